The number of aromatic nitrogens is 1. The molecule has 1 saturated carbocycles. The standard InChI is InChI=1S/C19H18N2/c1-2-7-19-16(5-1)11-17(13-21-19)15-6-3-4-14(10-15)12-20-18-8-9-18/h1-7,10-11,13,18,20H,8-9,12H2. The van der Waals surface area contributed by atoms with E-state index in [-0.39, 0.29) is 0 Å². The molecule has 2 nitrogen and oxygen atoms in total. The lowest BCUT2D eigenvalue weighted by Gasteiger charge is -2.07. The van der Waals surface area contributed by atoms with E-state index in [1.54, 1.807) is 0 Å². The minimum absolute atomic E-state index is 0.746. The van der Waals surface area contributed by atoms with E-state index in [9.17, 15) is 0 Å². The minimum atomic E-state index is 0.746. The Hall–Kier alpha value is -2.19. The number of nitrogens with zero attached hydrogens (tertiary/aromatic N) is 1. The molecule has 0 bridgehead atoms. The molecule has 1 heterocycles. The second-order valence-corrected chi connectivity index (χ2v) is 5.77. The van der Waals surface area contributed by atoms with Crippen LogP contribution in [0.3, 0.4) is 0 Å². The van der Waals surface area contributed by atoms with Gasteiger partial charge in [-0.3, -0.25) is 4.98 Å². The Morgan fingerprint density at radius 3 is 2.76 bits per heavy atom. The summed E-state index contributed by atoms with van der Waals surface area (Å²) in [5.74, 6) is 0. The van der Waals surface area contributed by atoms with E-state index < -0.39 is 0 Å². The van der Waals surface area contributed by atoms with Crippen LogP contribution in [0.15, 0.2) is 60.8 Å². The monoisotopic (exact) mass is 274 g/mol. The molecular weight excluding hydrogens is 256 g/mol. The topological polar surface area (TPSA) is 24.9 Å². The van der Waals surface area contributed by atoms with Crippen LogP contribution in [0.2, 0.25) is 0 Å². The van der Waals surface area contributed by atoms with Gasteiger partial charge in [-0.1, -0.05) is 36.4 Å². The van der Waals surface area contributed by atoms with Gasteiger partial charge in [0.25, 0.3) is 0 Å². The smallest absolute Gasteiger partial charge is 0.0702 e. The van der Waals surface area contributed by atoms with Crippen LogP contribution in [-0.2, 0) is 6.54 Å². The van der Waals surface area contributed by atoms with Gasteiger partial charge >= 0.3 is 0 Å². The van der Waals surface area contributed by atoms with Crippen molar-refractivity contribution in [2.75, 3.05) is 0 Å². The normalized spacial score (nSPS) is 14.5. The number of benzene rings is 2. The summed E-state index contributed by atoms with van der Waals surface area (Å²) >= 11 is 0. The molecule has 21 heavy (non-hydrogen) atoms. The van der Waals surface area contributed by atoms with Crippen LogP contribution in [0.5, 0.6) is 0 Å². The largest absolute Gasteiger partial charge is 0.310 e. The van der Waals surface area contributed by atoms with Crippen molar-refractivity contribution < 1.29 is 0 Å². The van der Waals surface area contributed by atoms with E-state index in [1.165, 1.54) is 34.9 Å². The highest BCUT2D eigenvalue weighted by molar-refractivity contribution is 5.83. The molecule has 1 fully saturated rings. The summed E-state index contributed by atoms with van der Waals surface area (Å²) in [5.41, 5.74) is 4.81. The Balaban J connectivity index is 1.65. The summed E-state index contributed by atoms with van der Waals surface area (Å²) in [7, 11) is 0. The molecule has 2 aromatic carbocycles. The highest BCUT2D eigenvalue weighted by Gasteiger charge is 2.19. The first-order valence-corrected chi connectivity index (χ1v) is 7.56. The Bertz CT molecular complexity index is 775. The fourth-order valence-electron chi connectivity index (χ4n) is 2.64. The predicted octanol–water partition coefficient (Wildman–Crippen LogP) is 4.15. The van der Waals surface area contributed by atoms with Gasteiger partial charge in [-0.25, -0.2) is 0 Å². The van der Waals surface area contributed by atoms with Crippen molar-refractivity contribution in [3.8, 4) is 11.1 Å². The molecule has 1 aliphatic rings. The first kappa shape index (κ1) is 12.5. The van der Waals surface area contributed by atoms with E-state index in [0.717, 1.165) is 18.1 Å². The molecule has 0 atom stereocenters. The third kappa shape index (κ3) is 2.81. The molecule has 2 heteroatoms. The predicted molar refractivity (Wildman–Crippen MR) is 87.0 cm³/mol. The first-order chi connectivity index (χ1) is 10.4. The molecule has 0 amide bonds. The van der Waals surface area contributed by atoms with Crippen LogP contribution in [0.4, 0.5) is 0 Å². The Morgan fingerprint density at radius 1 is 0.952 bits per heavy atom. The maximum Gasteiger partial charge on any atom is 0.0702 e. The van der Waals surface area contributed by atoms with Crippen LogP contribution >= 0.6 is 0 Å². The average molecular weight is 274 g/mol. The van der Waals surface area contributed by atoms with Crippen molar-refractivity contribution in [3.05, 3.63) is 66.4 Å². The summed E-state index contributed by atoms with van der Waals surface area (Å²) in [6.45, 7) is 0.958. The zero-order chi connectivity index (χ0) is 14.1. The number of pyridine rings is 1. The molecule has 1 aliphatic carbocycles. The second kappa shape index (κ2) is 5.30. The van der Waals surface area contributed by atoms with Crippen molar-refractivity contribution in [2.45, 2.75) is 25.4 Å². The maximum absolute atomic E-state index is 4.56. The van der Waals surface area contributed by atoms with E-state index >= 15 is 0 Å². The van der Waals surface area contributed by atoms with Crippen LogP contribution in [0, 0.1) is 0 Å². The Morgan fingerprint density at radius 2 is 1.86 bits per heavy atom. The summed E-state index contributed by atoms with van der Waals surface area (Å²) in [5, 5.41) is 4.76. The Labute approximate surface area is 124 Å². The summed E-state index contributed by atoms with van der Waals surface area (Å²) < 4.78 is 0. The summed E-state index contributed by atoms with van der Waals surface area (Å²) in [6.07, 6.45) is 4.62. The van der Waals surface area contributed by atoms with E-state index in [2.05, 4.69) is 58.8 Å². The minimum Gasteiger partial charge on any atom is -0.310 e. The molecule has 0 radical (unpaired) electrons. The molecule has 3 aromatic rings. The van der Waals surface area contributed by atoms with Crippen molar-refractivity contribution in [2.24, 2.45) is 0 Å². The van der Waals surface area contributed by atoms with Gasteiger partial charge in [0.15, 0.2) is 0 Å². The van der Waals surface area contributed by atoms with Crippen LogP contribution < -0.4 is 5.32 Å². The van der Waals surface area contributed by atoms with Gasteiger partial charge in [-0.05, 0) is 42.2 Å². The quantitative estimate of drug-likeness (QED) is 0.773. The zero-order valence-electron chi connectivity index (χ0n) is 11.9. The van der Waals surface area contributed by atoms with Gasteiger partial charge in [-0.2, -0.15) is 0 Å². The molecule has 0 aliphatic heterocycles. The van der Waals surface area contributed by atoms with Gasteiger partial charge in [0.1, 0.15) is 0 Å². The fraction of sp³-hybridized carbons (Fsp3) is 0.211. The van der Waals surface area contributed by atoms with Crippen LogP contribution in [-0.4, -0.2) is 11.0 Å². The fourth-order valence-corrected chi connectivity index (χ4v) is 2.64. The average Bonchev–Trinajstić information content (AvgIpc) is 3.37. The van der Waals surface area contributed by atoms with E-state index in [1.807, 2.05) is 12.3 Å². The van der Waals surface area contributed by atoms with Gasteiger partial charge in [0.2, 0.25) is 0 Å². The van der Waals surface area contributed by atoms with E-state index in [4.69, 9.17) is 0 Å². The zero-order valence-corrected chi connectivity index (χ0v) is 11.9. The van der Waals surface area contributed by atoms with E-state index in [0.29, 0.717) is 0 Å². The van der Waals surface area contributed by atoms with Gasteiger partial charge < -0.3 is 5.32 Å². The van der Waals surface area contributed by atoms with Crippen molar-refractivity contribution in [1.82, 2.24) is 10.3 Å². The number of nitrogens with one attached hydrogen (secondary N) is 1. The van der Waals surface area contributed by atoms with Crippen LogP contribution in [0.25, 0.3) is 22.0 Å². The number of hydrogen-bond donors (Lipinski definition) is 1. The van der Waals surface area contributed by atoms with Crippen molar-refractivity contribution >= 4 is 10.9 Å². The van der Waals surface area contributed by atoms with Gasteiger partial charge in [-0.15, -0.1) is 0 Å². The number of fused-ring (bicyclic) bond motifs is 1. The van der Waals surface area contributed by atoms with Gasteiger partial charge in [0.05, 0.1) is 5.52 Å². The lowest BCUT2D eigenvalue weighted by Crippen LogP contribution is -2.15. The summed E-state index contributed by atoms with van der Waals surface area (Å²) in [6, 6.07) is 20.0. The van der Waals surface area contributed by atoms with Crippen LogP contribution in [0.1, 0.15) is 18.4 Å². The lowest BCUT2D eigenvalue weighted by molar-refractivity contribution is 0.688. The molecule has 0 spiro atoms. The molecule has 1 N–H and O–H groups in total. The molecule has 4 rings (SSSR count). The third-order valence-electron chi connectivity index (χ3n) is 4.02. The number of rotatable bonds is 4. The molecule has 0 unspecified atom stereocenters. The van der Waals surface area contributed by atoms with Crippen molar-refractivity contribution in [3.63, 3.8) is 0 Å². The number of para-hydroxylation sites is 1. The highest BCUT2D eigenvalue weighted by atomic mass is 14.9. The SMILES string of the molecule is c1cc(CNC2CC2)cc(-c2cnc3ccccc3c2)c1. The third-order valence-corrected chi connectivity index (χ3v) is 4.02. The highest BCUT2D eigenvalue weighted by Crippen LogP contribution is 2.24. The number of hydrogen-bond acceptors (Lipinski definition) is 2. The molecule has 0 saturated heterocycles. The van der Waals surface area contributed by atoms with Crippen molar-refractivity contribution in [1.29, 1.82) is 0 Å². The molecular formula is C19H18N2. The maximum atomic E-state index is 4.56. The first-order valence-electron chi connectivity index (χ1n) is 7.56. The summed E-state index contributed by atoms with van der Waals surface area (Å²) in [4.78, 5) is 4.56. The molecule has 1 aromatic heterocycles. The molecule has 104 valence electrons. The van der Waals surface area contributed by atoms with Gasteiger partial charge in [0, 0.05) is 29.7 Å². The second-order valence-electron chi connectivity index (χ2n) is 5.77. The Kier molecular flexibility index (Phi) is 3.17. The lowest BCUT2D eigenvalue weighted by atomic mass is 10.0.